The molecule has 3 aromatic rings. The molecule has 8 nitrogen and oxygen atoms in total. The van der Waals surface area contributed by atoms with Gasteiger partial charge in [0.05, 0.1) is 11.9 Å². The molecule has 0 aliphatic carbocycles. The number of aryl methyl sites for hydroxylation is 3. The number of pyridine rings is 3. The lowest BCUT2D eigenvalue weighted by Gasteiger charge is -2.18. The van der Waals surface area contributed by atoms with E-state index < -0.39 is 0 Å². The second-order valence-corrected chi connectivity index (χ2v) is 7.99. The van der Waals surface area contributed by atoms with Crippen LogP contribution in [0.1, 0.15) is 35.1 Å². The smallest absolute Gasteiger partial charge is 0.259 e. The van der Waals surface area contributed by atoms with Crippen molar-refractivity contribution in [3.63, 3.8) is 0 Å². The number of carbonyl (C=O) groups excluding carboxylic acids is 1. The Labute approximate surface area is 179 Å². The minimum Gasteiger partial charge on any atom is -0.488 e. The average molecular weight is 422 g/mol. The van der Waals surface area contributed by atoms with E-state index in [0.717, 1.165) is 11.4 Å². The first-order valence-electron chi connectivity index (χ1n) is 10.4. The van der Waals surface area contributed by atoms with Gasteiger partial charge in [-0.05, 0) is 39.0 Å². The Hall–Kier alpha value is -3.42. The van der Waals surface area contributed by atoms with Crippen molar-refractivity contribution in [1.29, 1.82) is 0 Å². The molecule has 31 heavy (non-hydrogen) atoms. The highest BCUT2D eigenvalue weighted by Gasteiger charge is 2.30. The van der Waals surface area contributed by atoms with Crippen LogP contribution in [0.25, 0.3) is 11.0 Å². The molecular formula is C23H26N4O4. The summed E-state index contributed by atoms with van der Waals surface area (Å²) in [4.78, 5) is 44.3. The standard InChI is InChI=1S/C23H26N4O4/c1-5-26-13-19(21(29)18-7-6-14(2)24-22(18)26)23(30)27-9-8-16(12-27)31-17-10-15(3)25(4)20(28)11-17/h6-7,10-11,13,16H,5,8-9,12H2,1-4H3. The van der Waals surface area contributed by atoms with Crippen LogP contribution in [0.5, 0.6) is 5.75 Å². The van der Waals surface area contributed by atoms with E-state index in [2.05, 4.69) is 4.98 Å². The fourth-order valence-electron chi connectivity index (χ4n) is 3.93. The summed E-state index contributed by atoms with van der Waals surface area (Å²) < 4.78 is 9.35. The number of hydrogen-bond acceptors (Lipinski definition) is 5. The largest absolute Gasteiger partial charge is 0.488 e. The molecule has 0 bridgehead atoms. The van der Waals surface area contributed by atoms with Crippen LogP contribution in [0.3, 0.4) is 0 Å². The Balaban J connectivity index is 1.58. The van der Waals surface area contributed by atoms with Crippen molar-refractivity contribution in [3.8, 4) is 5.75 Å². The first kappa shape index (κ1) is 20.8. The molecule has 1 saturated heterocycles. The van der Waals surface area contributed by atoms with Crippen molar-refractivity contribution in [3.05, 3.63) is 68.0 Å². The Kier molecular flexibility index (Phi) is 5.39. The van der Waals surface area contributed by atoms with E-state index in [9.17, 15) is 14.4 Å². The molecular weight excluding hydrogens is 396 g/mol. The molecule has 0 aromatic carbocycles. The number of rotatable bonds is 4. The number of amides is 1. The molecule has 4 rings (SSSR count). The van der Waals surface area contributed by atoms with Gasteiger partial charge in [0.15, 0.2) is 0 Å². The zero-order chi connectivity index (χ0) is 22.3. The lowest BCUT2D eigenvalue weighted by atomic mass is 10.1. The third-order valence-electron chi connectivity index (χ3n) is 5.84. The Morgan fingerprint density at radius 3 is 2.71 bits per heavy atom. The molecule has 0 radical (unpaired) electrons. The van der Waals surface area contributed by atoms with Crippen LogP contribution >= 0.6 is 0 Å². The number of nitrogens with zero attached hydrogens (tertiary/aromatic N) is 4. The molecule has 1 atom stereocenters. The molecule has 162 valence electrons. The Morgan fingerprint density at radius 2 is 2.00 bits per heavy atom. The second-order valence-electron chi connectivity index (χ2n) is 7.99. The second kappa shape index (κ2) is 8.02. The maximum absolute atomic E-state index is 13.2. The van der Waals surface area contributed by atoms with Crippen molar-refractivity contribution in [2.75, 3.05) is 13.1 Å². The van der Waals surface area contributed by atoms with Gasteiger partial charge in [0.1, 0.15) is 23.1 Å². The molecule has 8 heteroatoms. The molecule has 0 saturated carbocycles. The molecule has 3 aromatic heterocycles. The summed E-state index contributed by atoms with van der Waals surface area (Å²) in [6, 6.07) is 6.78. The molecule has 1 aliphatic rings. The zero-order valence-electron chi connectivity index (χ0n) is 18.2. The highest BCUT2D eigenvalue weighted by Crippen LogP contribution is 2.20. The summed E-state index contributed by atoms with van der Waals surface area (Å²) in [6.07, 6.45) is 2.02. The number of aromatic nitrogens is 3. The zero-order valence-corrected chi connectivity index (χ0v) is 18.2. The summed E-state index contributed by atoms with van der Waals surface area (Å²) in [7, 11) is 1.71. The summed E-state index contributed by atoms with van der Waals surface area (Å²) in [5, 5.41) is 0.445. The van der Waals surface area contributed by atoms with E-state index in [4.69, 9.17) is 4.74 Å². The predicted molar refractivity (Wildman–Crippen MR) is 118 cm³/mol. The summed E-state index contributed by atoms with van der Waals surface area (Å²) in [5.74, 6) is 0.196. The van der Waals surface area contributed by atoms with Crippen LogP contribution in [-0.4, -0.2) is 44.1 Å². The average Bonchev–Trinajstić information content (AvgIpc) is 3.20. The Morgan fingerprint density at radius 1 is 1.23 bits per heavy atom. The van der Waals surface area contributed by atoms with Crippen LogP contribution in [0.4, 0.5) is 0 Å². The van der Waals surface area contributed by atoms with E-state index in [1.54, 1.807) is 34.8 Å². The molecule has 4 heterocycles. The van der Waals surface area contributed by atoms with Crippen LogP contribution in [0, 0.1) is 13.8 Å². The monoisotopic (exact) mass is 422 g/mol. The van der Waals surface area contributed by atoms with Crippen molar-refractivity contribution >= 4 is 16.9 Å². The van der Waals surface area contributed by atoms with E-state index in [-0.39, 0.29) is 28.6 Å². The minimum atomic E-state index is -0.305. The lowest BCUT2D eigenvalue weighted by molar-refractivity contribution is 0.0770. The van der Waals surface area contributed by atoms with E-state index in [1.165, 1.54) is 6.07 Å². The van der Waals surface area contributed by atoms with Gasteiger partial charge in [-0.2, -0.15) is 0 Å². The molecule has 1 fully saturated rings. The van der Waals surface area contributed by atoms with Crippen LogP contribution in [0.2, 0.25) is 0 Å². The minimum absolute atomic E-state index is 0.138. The van der Waals surface area contributed by atoms with E-state index >= 15 is 0 Å². The van der Waals surface area contributed by atoms with Gasteiger partial charge in [0.25, 0.3) is 11.5 Å². The van der Waals surface area contributed by atoms with Crippen LogP contribution in [-0.2, 0) is 13.6 Å². The molecule has 1 amide bonds. The number of carbonyl (C=O) groups is 1. The van der Waals surface area contributed by atoms with Crippen molar-refractivity contribution < 1.29 is 9.53 Å². The predicted octanol–water partition coefficient (Wildman–Crippen LogP) is 2.03. The Bertz CT molecular complexity index is 1290. The molecule has 1 aliphatic heterocycles. The van der Waals surface area contributed by atoms with Gasteiger partial charge in [-0.3, -0.25) is 14.4 Å². The van der Waals surface area contributed by atoms with Gasteiger partial charge >= 0.3 is 0 Å². The highest BCUT2D eigenvalue weighted by molar-refractivity contribution is 5.97. The van der Waals surface area contributed by atoms with Crippen molar-refractivity contribution in [2.24, 2.45) is 7.05 Å². The molecule has 0 spiro atoms. The van der Waals surface area contributed by atoms with Gasteiger partial charge in [-0.1, -0.05) is 0 Å². The first-order chi connectivity index (χ1) is 14.8. The van der Waals surface area contributed by atoms with Gasteiger partial charge in [0, 0.05) is 50.2 Å². The van der Waals surface area contributed by atoms with Crippen LogP contribution in [0.15, 0.2) is 40.1 Å². The highest BCUT2D eigenvalue weighted by atomic mass is 16.5. The molecule has 1 unspecified atom stereocenters. The maximum Gasteiger partial charge on any atom is 0.259 e. The maximum atomic E-state index is 13.2. The van der Waals surface area contributed by atoms with Gasteiger partial charge in [-0.25, -0.2) is 4.98 Å². The van der Waals surface area contributed by atoms with Gasteiger partial charge < -0.3 is 18.8 Å². The van der Waals surface area contributed by atoms with Crippen molar-refractivity contribution in [1.82, 2.24) is 19.0 Å². The van der Waals surface area contributed by atoms with E-state index in [0.29, 0.717) is 42.8 Å². The number of fused-ring (bicyclic) bond motifs is 1. The summed E-state index contributed by atoms with van der Waals surface area (Å²) >= 11 is 0. The fraction of sp³-hybridized carbons (Fsp3) is 0.391. The topological polar surface area (TPSA) is 86.4 Å². The lowest BCUT2D eigenvalue weighted by Crippen LogP contribution is -2.34. The van der Waals surface area contributed by atoms with Gasteiger partial charge in [0.2, 0.25) is 5.43 Å². The normalized spacial score (nSPS) is 16.1. The van der Waals surface area contributed by atoms with Crippen molar-refractivity contribution in [2.45, 2.75) is 39.8 Å². The molecule has 0 N–H and O–H groups in total. The fourth-order valence-corrected chi connectivity index (χ4v) is 3.93. The van der Waals surface area contributed by atoms with Gasteiger partial charge in [-0.15, -0.1) is 0 Å². The quantitative estimate of drug-likeness (QED) is 0.642. The number of hydrogen-bond donors (Lipinski definition) is 0. The third-order valence-corrected chi connectivity index (χ3v) is 5.84. The SMILES string of the molecule is CCn1cc(C(=O)N2CCC(Oc3cc(C)n(C)c(=O)c3)C2)c(=O)c2ccc(C)nc21. The first-order valence-corrected chi connectivity index (χ1v) is 10.4. The third kappa shape index (κ3) is 3.85. The summed E-state index contributed by atoms with van der Waals surface area (Å²) in [6.45, 7) is 7.12. The van der Waals surface area contributed by atoms with E-state index in [1.807, 2.05) is 31.4 Å². The summed E-state index contributed by atoms with van der Waals surface area (Å²) in [5.41, 5.74) is 1.91. The number of likely N-dealkylation sites (tertiary alicyclic amines) is 1. The van der Waals surface area contributed by atoms with Crippen LogP contribution < -0.4 is 15.7 Å². The number of ether oxygens (including phenoxy) is 1.